The Morgan fingerprint density at radius 3 is 2.07 bits per heavy atom. The van der Waals surface area contributed by atoms with Gasteiger partial charge in [-0.15, -0.1) is 0 Å². The van der Waals surface area contributed by atoms with E-state index in [1.165, 1.54) is 0 Å². The van der Waals surface area contributed by atoms with Crippen LogP contribution in [0.15, 0.2) is 60.7 Å². The highest BCUT2D eigenvalue weighted by Crippen LogP contribution is 2.29. The number of carbonyl (C=O) groups excluding carboxylic acids is 2. The highest BCUT2D eigenvalue weighted by molar-refractivity contribution is 5.92. The number of carbonyl (C=O) groups is 2. The molecule has 154 valence electrons. The summed E-state index contributed by atoms with van der Waals surface area (Å²) in [6.07, 6.45) is 1.51. The first-order chi connectivity index (χ1) is 14.1. The van der Waals surface area contributed by atoms with Crippen molar-refractivity contribution in [3.8, 4) is 0 Å². The van der Waals surface area contributed by atoms with Gasteiger partial charge in [0.1, 0.15) is 6.04 Å². The molecule has 2 amide bonds. The zero-order valence-corrected chi connectivity index (χ0v) is 17.4. The first kappa shape index (κ1) is 21.1. The molecule has 5 heteroatoms. The van der Waals surface area contributed by atoms with Gasteiger partial charge in [-0.1, -0.05) is 48.5 Å². The summed E-state index contributed by atoms with van der Waals surface area (Å²) in [5.74, 6) is 0.196. The molecule has 1 heterocycles. The molecule has 2 aromatic carbocycles. The van der Waals surface area contributed by atoms with Crippen LogP contribution in [0.2, 0.25) is 0 Å². The lowest BCUT2D eigenvalue weighted by Gasteiger charge is -2.38. The van der Waals surface area contributed by atoms with E-state index >= 15 is 0 Å². The third kappa shape index (κ3) is 5.24. The fourth-order valence-corrected chi connectivity index (χ4v) is 4.04. The normalized spacial score (nSPS) is 16.2. The maximum absolute atomic E-state index is 13.3. The third-order valence-electron chi connectivity index (χ3n) is 5.73. The monoisotopic (exact) mass is 393 g/mol. The van der Waals surface area contributed by atoms with Gasteiger partial charge in [-0.05, 0) is 57.5 Å². The second-order valence-corrected chi connectivity index (χ2v) is 7.49. The second kappa shape index (κ2) is 10.2. The van der Waals surface area contributed by atoms with Crippen LogP contribution in [0, 0.1) is 5.92 Å². The van der Waals surface area contributed by atoms with Crippen molar-refractivity contribution in [3.05, 3.63) is 66.2 Å². The number of amides is 2. The van der Waals surface area contributed by atoms with Crippen molar-refractivity contribution in [1.29, 1.82) is 0 Å². The SMILES string of the molecule is CCN(CC)C(=O)C(c1ccccc1)N1CCC(C(=O)Nc2ccccc2)CC1. The van der Waals surface area contributed by atoms with Crippen molar-refractivity contribution < 1.29 is 9.59 Å². The van der Waals surface area contributed by atoms with E-state index in [1.807, 2.05) is 79.4 Å². The predicted molar refractivity (Wildman–Crippen MR) is 116 cm³/mol. The summed E-state index contributed by atoms with van der Waals surface area (Å²) in [7, 11) is 0. The lowest BCUT2D eigenvalue weighted by atomic mass is 9.93. The molecule has 1 fully saturated rings. The Balaban J connectivity index is 1.68. The second-order valence-electron chi connectivity index (χ2n) is 7.49. The number of benzene rings is 2. The summed E-state index contributed by atoms with van der Waals surface area (Å²) in [4.78, 5) is 30.0. The van der Waals surface area contributed by atoms with E-state index in [2.05, 4.69) is 10.2 Å². The van der Waals surface area contributed by atoms with Crippen molar-refractivity contribution in [2.75, 3.05) is 31.5 Å². The van der Waals surface area contributed by atoms with E-state index in [4.69, 9.17) is 0 Å². The van der Waals surface area contributed by atoms with Gasteiger partial charge < -0.3 is 10.2 Å². The minimum Gasteiger partial charge on any atom is -0.342 e. The van der Waals surface area contributed by atoms with E-state index < -0.39 is 0 Å². The van der Waals surface area contributed by atoms with Gasteiger partial charge in [0.25, 0.3) is 0 Å². The van der Waals surface area contributed by atoms with Crippen molar-refractivity contribution in [1.82, 2.24) is 9.80 Å². The highest BCUT2D eigenvalue weighted by Gasteiger charge is 2.34. The van der Waals surface area contributed by atoms with Crippen LogP contribution in [-0.4, -0.2) is 47.8 Å². The summed E-state index contributed by atoms with van der Waals surface area (Å²) in [5, 5.41) is 3.01. The molecule has 1 atom stereocenters. The van der Waals surface area contributed by atoms with Crippen molar-refractivity contribution in [2.45, 2.75) is 32.7 Å². The van der Waals surface area contributed by atoms with E-state index in [-0.39, 0.29) is 23.8 Å². The molecule has 1 saturated heterocycles. The Morgan fingerprint density at radius 2 is 1.52 bits per heavy atom. The fraction of sp³-hybridized carbons (Fsp3) is 0.417. The summed E-state index contributed by atoms with van der Waals surface area (Å²) >= 11 is 0. The molecule has 1 N–H and O–H groups in total. The van der Waals surface area contributed by atoms with Crippen LogP contribution in [0.1, 0.15) is 38.3 Å². The zero-order valence-electron chi connectivity index (χ0n) is 17.4. The smallest absolute Gasteiger partial charge is 0.244 e. The molecular weight excluding hydrogens is 362 g/mol. The number of nitrogens with zero attached hydrogens (tertiary/aromatic N) is 2. The van der Waals surface area contributed by atoms with Gasteiger partial charge in [0.15, 0.2) is 0 Å². The fourth-order valence-electron chi connectivity index (χ4n) is 4.04. The molecule has 1 aliphatic heterocycles. The van der Waals surface area contributed by atoms with Crippen LogP contribution >= 0.6 is 0 Å². The van der Waals surface area contributed by atoms with Gasteiger partial charge in [0, 0.05) is 24.7 Å². The number of rotatable bonds is 7. The largest absolute Gasteiger partial charge is 0.342 e. The molecule has 1 aliphatic rings. The van der Waals surface area contributed by atoms with Gasteiger partial charge in [-0.25, -0.2) is 0 Å². The molecule has 3 rings (SSSR count). The molecule has 0 bridgehead atoms. The number of piperidine rings is 1. The first-order valence-corrected chi connectivity index (χ1v) is 10.6. The topological polar surface area (TPSA) is 52.7 Å². The Labute approximate surface area is 173 Å². The van der Waals surface area contributed by atoms with Gasteiger partial charge >= 0.3 is 0 Å². The van der Waals surface area contributed by atoms with Crippen molar-refractivity contribution >= 4 is 17.5 Å². The van der Waals surface area contributed by atoms with Gasteiger partial charge in [0.2, 0.25) is 11.8 Å². The number of likely N-dealkylation sites (tertiary alicyclic amines) is 1. The molecule has 1 unspecified atom stereocenters. The molecule has 0 aromatic heterocycles. The minimum absolute atomic E-state index is 0.0218. The quantitative estimate of drug-likeness (QED) is 0.775. The highest BCUT2D eigenvalue weighted by atomic mass is 16.2. The maximum Gasteiger partial charge on any atom is 0.244 e. The summed E-state index contributed by atoms with van der Waals surface area (Å²) in [6.45, 7) is 6.91. The van der Waals surface area contributed by atoms with Crippen molar-refractivity contribution in [2.24, 2.45) is 5.92 Å². The van der Waals surface area contributed by atoms with Gasteiger partial charge in [-0.3, -0.25) is 14.5 Å². The summed E-state index contributed by atoms with van der Waals surface area (Å²) < 4.78 is 0. The standard InChI is InChI=1S/C24H31N3O2/c1-3-26(4-2)24(29)22(19-11-7-5-8-12-19)27-17-15-20(16-18-27)23(28)25-21-13-9-6-10-14-21/h5-14,20,22H,3-4,15-18H2,1-2H3,(H,25,28). The number of nitrogens with one attached hydrogen (secondary N) is 1. The Hall–Kier alpha value is -2.66. The van der Waals surface area contributed by atoms with E-state index in [0.717, 1.165) is 37.2 Å². The van der Waals surface area contributed by atoms with E-state index in [1.54, 1.807) is 0 Å². The molecule has 29 heavy (non-hydrogen) atoms. The predicted octanol–water partition coefficient (Wildman–Crippen LogP) is 3.95. The molecule has 0 spiro atoms. The lowest BCUT2D eigenvalue weighted by molar-refractivity contribution is -0.137. The molecule has 0 saturated carbocycles. The van der Waals surface area contributed by atoms with Crippen LogP contribution in [0.25, 0.3) is 0 Å². The van der Waals surface area contributed by atoms with Crippen LogP contribution in [0.5, 0.6) is 0 Å². The third-order valence-corrected chi connectivity index (χ3v) is 5.73. The summed E-state index contributed by atoms with van der Waals surface area (Å²) in [5.41, 5.74) is 1.86. The Kier molecular flexibility index (Phi) is 7.42. The van der Waals surface area contributed by atoms with Gasteiger partial charge in [0.05, 0.1) is 0 Å². The van der Waals surface area contributed by atoms with Crippen LogP contribution in [-0.2, 0) is 9.59 Å². The number of anilines is 1. The first-order valence-electron chi connectivity index (χ1n) is 10.6. The number of hydrogen-bond donors (Lipinski definition) is 1. The van der Waals surface area contributed by atoms with E-state index in [9.17, 15) is 9.59 Å². The number of para-hydroxylation sites is 1. The average molecular weight is 394 g/mol. The number of hydrogen-bond acceptors (Lipinski definition) is 3. The lowest BCUT2D eigenvalue weighted by Crippen LogP contribution is -2.47. The Bertz CT molecular complexity index is 782. The van der Waals surface area contributed by atoms with E-state index in [0.29, 0.717) is 13.1 Å². The Morgan fingerprint density at radius 1 is 0.966 bits per heavy atom. The van der Waals surface area contributed by atoms with Crippen molar-refractivity contribution in [3.63, 3.8) is 0 Å². The number of likely N-dealkylation sites (N-methyl/N-ethyl adjacent to an activating group) is 1. The molecule has 0 radical (unpaired) electrons. The molecule has 0 aliphatic carbocycles. The summed E-state index contributed by atoms with van der Waals surface area (Å²) in [6, 6.07) is 19.3. The average Bonchev–Trinajstić information content (AvgIpc) is 2.77. The van der Waals surface area contributed by atoms with Gasteiger partial charge in [-0.2, -0.15) is 0 Å². The zero-order chi connectivity index (χ0) is 20.6. The molecule has 2 aromatic rings. The molecular formula is C24H31N3O2. The van der Waals surface area contributed by atoms with Crippen LogP contribution in [0.3, 0.4) is 0 Å². The molecule has 5 nitrogen and oxygen atoms in total. The minimum atomic E-state index is -0.283. The van der Waals surface area contributed by atoms with Crippen LogP contribution < -0.4 is 5.32 Å². The van der Waals surface area contributed by atoms with Crippen LogP contribution in [0.4, 0.5) is 5.69 Å². The maximum atomic E-state index is 13.3.